The summed E-state index contributed by atoms with van der Waals surface area (Å²) in [5.41, 5.74) is 0. The highest BCUT2D eigenvalue weighted by molar-refractivity contribution is 6.43. The van der Waals surface area contributed by atoms with E-state index in [9.17, 15) is 0 Å². The van der Waals surface area contributed by atoms with Crippen molar-refractivity contribution in [3.05, 3.63) is 0 Å². The molecule has 0 bridgehead atoms. The average molecular weight is 167 g/mol. The summed E-state index contributed by atoms with van der Waals surface area (Å²) in [7, 11) is 8.88. The van der Waals surface area contributed by atoms with Gasteiger partial charge < -0.3 is 0 Å². The van der Waals surface area contributed by atoms with Crippen LogP contribution in [0.4, 0.5) is 0 Å². The summed E-state index contributed by atoms with van der Waals surface area (Å²) in [6.45, 7) is 0. The Balaban J connectivity index is 4.01. The van der Waals surface area contributed by atoms with Crippen molar-refractivity contribution in [2.75, 3.05) is 28.2 Å². The van der Waals surface area contributed by atoms with E-state index in [1.54, 1.807) is 0 Å². The summed E-state index contributed by atoms with van der Waals surface area (Å²) in [5, 5.41) is 0. The Morgan fingerprint density at radius 3 is 1.33 bits per heavy atom. The fourth-order valence-electron chi connectivity index (χ4n) is 0.400. The van der Waals surface area contributed by atoms with Crippen molar-refractivity contribution in [3.63, 3.8) is 0 Å². The van der Waals surface area contributed by atoms with Gasteiger partial charge in [0.05, 0.1) is 10.2 Å². The summed E-state index contributed by atoms with van der Waals surface area (Å²) in [6, 6.07) is 0. The zero-order valence-corrected chi connectivity index (χ0v) is 9.53. The molecule has 0 radical (unpaired) electrons. The molecule has 0 amide bonds. The number of rotatable bonds is 2. The van der Waals surface area contributed by atoms with Crippen LogP contribution in [0.5, 0.6) is 0 Å². The number of alkyl halides is 1. The monoisotopic (exact) mass is 166 g/mol. The van der Waals surface area contributed by atoms with Gasteiger partial charge in [-0.15, -0.1) is 0 Å². The Labute approximate surface area is 65.2 Å². The Bertz CT molecular complexity index is 83.0. The summed E-state index contributed by atoms with van der Waals surface area (Å²) >= 11 is 6.12. The van der Waals surface area contributed by atoms with E-state index in [0.717, 1.165) is 10.2 Å². The lowest BCUT2D eigenvalue weighted by atomic mass is 10.7. The van der Waals surface area contributed by atoms with Crippen LogP contribution < -0.4 is 0 Å². The van der Waals surface area contributed by atoms with Crippen molar-refractivity contribution in [1.82, 2.24) is 9.80 Å². The van der Waals surface area contributed by atoms with E-state index in [-0.39, 0.29) is 4.75 Å². The van der Waals surface area contributed by atoms with Gasteiger partial charge in [0, 0.05) is 0 Å². The average Bonchev–Trinajstić information content (AvgIpc) is 1.65. The second kappa shape index (κ2) is 3.01. The maximum Gasteiger partial charge on any atom is 0.124 e. The van der Waals surface area contributed by atoms with Gasteiger partial charge in [0.15, 0.2) is 0 Å². The standard InChI is InChI=1S/C5H15ClN2Si/c1-7(2)5(6,9)8(3)4/h1-4,9H3. The minimum Gasteiger partial charge on any atom is -0.283 e. The van der Waals surface area contributed by atoms with Crippen molar-refractivity contribution >= 4 is 21.8 Å². The maximum atomic E-state index is 6.12. The number of hydrogen-bond donors (Lipinski definition) is 0. The van der Waals surface area contributed by atoms with E-state index in [1.165, 1.54) is 0 Å². The highest BCUT2D eigenvalue weighted by atomic mass is 35.5. The van der Waals surface area contributed by atoms with Crippen molar-refractivity contribution < 1.29 is 0 Å². The van der Waals surface area contributed by atoms with Gasteiger partial charge in [-0.25, -0.2) is 0 Å². The Morgan fingerprint density at radius 1 is 1.11 bits per heavy atom. The molecule has 0 heterocycles. The molecule has 0 aliphatic rings. The third-order valence-electron chi connectivity index (χ3n) is 1.63. The fraction of sp³-hybridized carbons (Fsp3) is 1.00. The molecule has 56 valence electrons. The topological polar surface area (TPSA) is 6.48 Å². The van der Waals surface area contributed by atoms with E-state index in [1.807, 2.05) is 38.0 Å². The zero-order valence-electron chi connectivity index (χ0n) is 6.77. The molecule has 2 nitrogen and oxygen atoms in total. The molecule has 0 spiro atoms. The largest absolute Gasteiger partial charge is 0.283 e. The SMILES string of the molecule is CN(C)C([SiH3])(Cl)N(C)C. The third-order valence-corrected chi connectivity index (χ3v) is 4.10. The van der Waals surface area contributed by atoms with Crippen LogP contribution in [-0.4, -0.2) is 53.0 Å². The van der Waals surface area contributed by atoms with E-state index < -0.39 is 0 Å². The van der Waals surface area contributed by atoms with Crippen LogP contribution in [0, 0.1) is 0 Å². The van der Waals surface area contributed by atoms with Crippen LogP contribution in [0.3, 0.4) is 0 Å². The minimum atomic E-state index is -0.222. The first kappa shape index (κ1) is 9.43. The van der Waals surface area contributed by atoms with Crippen molar-refractivity contribution in [2.45, 2.75) is 4.75 Å². The quantitative estimate of drug-likeness (QED) is 0.232. The molecule has 0 N–H and O–H groups in total. The molecular weight excluding hydrogens is 152 g/mol. The lowest BCUT2D eigenvalue weighted by Crippen LogP contribution is -2.50. The third kappa shape index (κ3) is 2.25. The molecule has 0 saturated carbocycles. The van der Waals surface area contributed by atoms with Crippen molar-refractivity contribution in [1.29, 1.82) is 0 Å². The van der Waals surface area contributed by atoms with E-state index in [0.29, 0.717) is 0 Å². The van der Waals surface area contributed by atoms with Crippen LogP contribution >= 0.6 is 11.6 Å². The fourth-order valence-corrected chi connectivity index (χ4v) is 0.400. The first-order chi connectivity index (χ1) is 3.89. The number of nitrogens with zero attached hydrogens (tertiary/aromatic N) is 2. The summed E-state index contributed by atoms with van der Waals surface area (Å²) in [6.07, 6.45) is 0. The predicted octanol–water partition coefficient (Wildman–Crippen LogP) is -0.675. The van der Waals surface area contributed by atoms with Gasteiger partial charge in [-0.05, 0) is 28.2 Å². The molecule has 0 aromatic rings. The highest BCUT2D eigenvalue weighted by Gasteiger charge is 2.24. The second-order valence-corrected chi connectivity index (χ2v) is 5.44. The van der Waals surface area contributed by atoms with Gasteiger partial charge in [-0.3, -0.25) is 9.80 Å². The van der Waals surface area contributed by atoms with Gasteiger partial charge in [-0.2, -0.15) is 0 Å². The van der Waals surface area contributed by atoms with Gasteiger partial charge >= 0.3 is 0 Å². The number of halogens is 1. The van der Waals surface area contributed by atoms with Crippen LogP contribution in [0.15, 0.2) is 0 Å². The van der Waals surface area contributed by atoms with Crippen molar-refractivity contribution in [2.24, 2.45) is 0 Å². The number of hydrogen-bond acceptors (Lipinski definition) is 2. The molecule has 0 aliphatic heterocycles. The molecule has 0 fully saturated rings. The summed E-state index contributed by atoms with van der Waals surface area (Å²) in [5.74, 6) is 0. The first-order valence-electron chi connectivity index (χ1n) is 2.93. The minimum absolute atomic E-state index is 0.222. The molecule has 0 aromatic carbocycles. The van der Waals surface area contributed by atoms with E-state index in [4.69, 9.17) is 11.6 Å². The second-order valence-electron chi connectivity index (χ2n) is 2.69. The van der Waals surface area contributed by atoms with Gasteiger partial charge in [0.25, 0.3) is 0 Å². The maximum absolute atomic E-state index is 6.12. The van der Waals surface area contributed by atoms with Gasteiger partial charge in [-0.1, -0.05) is 11.6 Å². The normalized spacial score (nSPS) is 13.7. The Hall–Kier alpha value is 0.427. The van der Waals surface area contributed by atoms with Crippen LogP contribution in [0.1, 0.15) is 0 Å². The molecule has 0 saturated heterocycles. The van der Waals surface area contributed by atoms with Crippen LogP contribution in [0.25, 0.3) is 0 Å². The molecule has 0 atom stereocenters. The molecule has 9 heavy (non-hydrogen) atoms. The van der Waals surface area contributed by atoms with Crippen LogP contribution in [0.2, 0.25) is 0 Å². The summed E-state index contributed by atoms with van der Waals surface area (Å²) < 4.78 is -0.222. The zero-order chi connectivity index (χ0) is 7.65. The lowest BCUT2D eigenvalue weighted by molar-refractivity contribution is 0.164. The molecule has 0 unspecified atom stereocenters. The molecule has 0 aliphatic carbocycles. The van der Waals surface area contributed by atoms with Gasteiger partial charge in [0.1, 0.15) is 4.75 Å². The molecule has 0 rings (SSSR count). The van der Waals surface area contributed by atoms with Gasteiger partial charge in [0.2, 0.25) is 0 Å². The van der Waals surface area contributed by atoms with E-state index >= 15 is 0 Å². The summed E-state index contributed by atoms with van der Waals surface area (Å²) in [4.78, 5) is 4.03. The predicted molar refractivity (Wildman–Crippen MR) is 45.9 cm³/mol. The van der Waals surface area contributed by atoms with Crippen molar-refractivity contribution in [3.8, 4) is 0 Å². The van der Waals surface area contributed by atoms with Crippen LogP contribution in [-0.2, 0) is 0 Å². The smallest absolute Gasteiger partial charge is 0.124 e. The molecule has 0 aromatic heterocycles. The lowest BCUT2D eigenvalue weighted by Gasteiger charge is -2.36. The molecular formula is C5H15ClN2Si. The Kier molecular flexibility index (Phi) is 3.15. The highest BCUT2D eigenvalue weighted by Crippen LogP contribution is 2.14. The van der Waals surface area contributed by atoms with E-state index in [2.05, 4.69) is 0 Å². The molecule has 4 heteroatoms. The Morgan fingerprint density at radius 2 is 1.33 bits per heavy atom. The first-order valence-corrected chi connectivity index (χ1v) is 4.30.